The fourth-order valence-electron chi connectivity index (χ4n) is 2.16. The van der Waals surface area contributed by atoms with E-state index in [0.29, 0.717) is 22.6 Å². The number of aromatic nitrogens is 3. The van der Waals surface area contributed by atoms with Gasteiger partial charge in [0.1, 0.15) is 23.1 Å². The number of aryl methyl sites for hydroxylation is 2. The van der Waals surface area contributed by atoms with Crippen LogP contribution < -0.4 is 5.73 Å². The molecule has 0 fully saturated rings. The molecule has 0 radical (unpaired) electrons. The van der Waals surface area contributed by atoms with Crippen LogP contribution in [-0.2, 0) is 7.05 Å². The summed E-state index contributed by atoms with van der Waals surface area (Å²) in [7, 11) is 1.69. The van der Waals surface area contributed by atoms with Crippen molar-refractivity contribution in [1.29, 1.82) is 0 Å². The molecule has 0 aliphatic carbocycles. The number of nitrogen functional groups attached to an aromatic ring is 1. The van der Waals surface area contributed by atoms with Gasteiger partial charge in [0.2, 0.25) is 0 Å². The van der Waals surface area contributed by atoms with Crippen LogP contribution in [0.5, 0.6) is 0 Å². The van der Waals surface area contributed by atoms with E-state index in [-0.39, 0.29) is 0 Å². The Morgan fingerprint density at radius 3 is 2.43 bits per heavy atom. The monoisotopic (exact) mass is 306 g/mol. The molecule has 0 amide bonds. The van der Waals surface area contributed by atoms with E-state index < -0.39 is 11.6 Å². The smallest absolute Gasteiger partial charge is 0.129 e. The Morgan fingerprint density at radius 2 is 1.86 bits per heavy atom. The molecule has 0 unspecified atom stereocenters. The normalized spacial score (nSPS) is 11.0. The molecule has 0 spiro atoms. The molecular formula is C14H12F2N4S. The maximum absolute atomic E-state index is 13.5. The molecule has 0 aliphatic rings. The molecule has 0 saturated carbocycles. The molecule has 108 valence electrons. The minimum atomic E-state index is -0.653. The van der Waals surface area contributed by atoms with Crippen LogP contribution in [0.25, 0.3) is 21.7 Å². The van der Waals surface area contributed by atoms with Crippen molar-refractivity contribution >= 4 is 17.2 Å². The van der Waals surface area contributed by atoms with Crippen LogP contribution in [0, 0.1) is 18.6 Å². The highest BCUT2D eigenvalue weighted by Crippen LogP contribution is 2.38. The molecule has 2 aromatic heterocycles. The molecule has 3 aromatic rings. The fourth-order valence-corrected chi connectivity index (χ4v) is 2.93. The van der Waals surface area contributed by atoms with Crippen LogP contribution in [0.15, 0.2) is 24.4 Å². The molecule has 0 saturated heterocycles. The summed E-state index contributed by atoms with van der Waals surface area (Å²) in [6.45, 7) is 1.88. The van der Waals surface area contributed by atoms with Crippen LogP contribution >= 0.6 is 11.3 Å². The van der Waals surface area contributed by atoms with Gasteiger partial charge in [-0.1, -0.05) is 0 Å². The number of rotatable bonds is 2. The lowest BCUT2D eigenvalue weighted by molar-refractivity contribution is 0.584. The molecule has 0 aliphatic heterocycles. The zero-order valence-corrected chi connectivity index (χ0v) is 12.2. The molecule has 7 heteroatoms. The second-order valence-corrected chi connectivity index (χ2v) is 5.87. The van der Waals surface area contributed by atoms with Crippen LogP contribution in [0.2, 0.25) is 0 Å². The Morgan fingerprint density at radius 1 is 1.19 bits per heavy atom. The van der Waals surface area contributed by atoms with Gasteiger partial charge in [-0.3, -0.25) is 4.68 Å². The van der Waals surface area contributed by atoms with E-state index in [1.54, 1.807) is 13.2 Å². The van der Waals surface area contributed by atoms with Crippen LogP contribution in [0.4, 0.5) is 14.6 Å². The number of halogens is 2. The van der Waals surface area contributed by atoms with Crippen LogP contribution in [0.1, 0.15) is 5.01 Å². The molecule has 3 rings (SSSR count). The zero-order valence-electron chi connectivity index (χ0n) is 11.4. The van der Waals surface area contributed by atoms with E-state index in [1.807, 2.05) is 6.92 Å². The van der Waals surface area contributed by atoms with Crippen molar-refractivity contribution in [2.75, 3.05) is 5.73 Å². The Labute approximate surface area is 123 Å². The Bertz CT molecular complexity index is 802. The molecule has 0 bridgehead atoms. The molecule has 21 heavy (non-hydrogen) atoms. The standard InChI is InChI=1S/C14H12F2N4S/c1-7-18-6-11(21-7)13-12(14(17)20(2)19-13)8-3-9(15)5-10(16)4-8/h3-6H,17H2,1-2H3. The molecule has 2 heterocycles. The van der Waals surface area contributed by atoms with Crippen molar-refractivity contribution in [2.45, 2.75) is 6.92 Å². The summed E-state index contributed by atoms with van der Waals surface area (Å²) in [5.74, 6) is -0.958. The van der Waals surface area contributed by atoms with Crippen LogP contribution in [-0.4, -0.2) is 14.8 Å². The zero-order chi connectivity index (χ0) is 15.1. The summed E-state index contributed by atoms with van der Waals surface area (Å²) in [5.41, 5.74) is 7.47. The van der Waals surface area contributed by atoms with E-state index in [9.17, 15) is 8.78 Å². The quantitative estimate of drug-likeness (QED) is 0.789. The number of nitrogens with zero attached hydrogens (tertiary/aromatic N) is 3. The highest BCUT2D eigenvalue weighted by Gasteiger charge is 2.20. The van der Waals surface area contributed by atoms with Gasteiger partial charge in [0.15, 0.2) is 0 Å². The van der Waals surface area contributed by atoms with Crippen molar-refractivity contribution in [3.8, 4) is 21.7 Å². The van der Waals surface area contributed by atoms with Gasteiger partial charge in [-0.15, -0.1) is 11.3 Å². The topological polar surface area (TPSA) is 56.7 Å². The number of nitrogens with two attached hydrogens (primary N) is 1. The Kier molecular flexibility index (Phi) is 3.21. The van der Waals surface area contributed by atoms with E-state index in [0.717, 1.165) is 16.0 Å². The number of thiazole rings is 1. The lowest BCUT2D eigenvalue weighted by Gasteiger charge is -2.04. The summed E-state index contributed by atoms with van der Waals surface area (Å²) in [6.07, 6.45) is 1.68. The number of hydrogen-bond acceptors (Lipinski definition) is 4. The second kappa shape index (κ2) is 4.92. The van der Waals surface area contributed by atoms with Crippen molar-refractivity contribution in [1.82, 2.24) is 14.8 Å². The summed E-state index contributed by atoms with van der Waals surface area (Å²) in [4.78, 5) is 4.99. The summed E-state index contributed by atoms with van der Waals surface area (Å²) < 4.78 is 28.4. The number of hydrogen-bond donors (Lipinski definition) is 1. The van der Waals surface area contributed by atoms with Crippen molar-refractivity contribution in [3.63, 3.8) is 0 Å². The minimum Gasteiger partial charge on any atom is -0.383 e. The van der Waals surface area contributed by atoms with E-state index in [1.165, 1.54) is 28.2 Å². The summed E-state index contributed by atoms with van der Waals surface area (Å²) in [6, 6.07) is 3.31. The third kappa shape index (κ3) is 2.40. The molecule has 2 N–H and O–H groups in total. The molecular weight excluding hydrogens is 294 g/mol. The van der Waals surface area contributed by atoms with Gasteiger partial charge in [-0.2, -0.15) is 5.10 Å². The number of benzene rings is 1. The molecule has 4 nitrogen and oxygen atoms in total. The second-order valence-electron chi connectivity index (χ2n) is 4.63. The lowest BCUT2D eigenvalue weighted by atomic mass is 10.0. The summed E-state index contributed by atoms with van der Waals surface area (Å²) in [5, 5.41) is 5.23. The summed E-state index contributed by atoms with van der Waals surface area (Å²) >= 11 is 1.45. The number of anilines is 1. The highest BCUT2D eigenvalue weighted by molar-refractivity contribution is 7.15. The van der Waals surface area contributed by atoms with Gasteiger partial charge in [0.05, 0.1) is 15.4 Å². The van der Waals surface area contributed by atoms with Gasteiger partial charge in [-0.25, -0.2) is 13.8 Å². The van der Waals surface area contributed by atoms with Gasteiger partial charge in [0.25, 0.3) is 0 Å². The highest BCUT2D eigenvalue weighted by atomic mass is 32.1. The van der Waals surface area contributed by atoms with Gasteiger partial charge >= 0.3 is 0 Å². The average molecular weight is 306 g/mol. The molecule has 1 aromatic carbocycles. The van der Waals surface area contributed by atoms with Gasteiger partial charge in [0, 0.05) is 19.3 Å². The van der Waals surface area contributed by atoms with E-state index in [4.69, 9.17) is 5.73 Å². The Balaban J connectivity index is 2.26. The van der Waals surface area contributed by atoms with Crippen molar-refractivity contribution < 1.29 is 8.78 Å². The SMILES string of the molecule is Cc1ncc(-c2nn(C)c(N)c2-c2cc(F)cc(F)c2)s1. The first-order valence-electron chi connectivity index (χ1n) is 6.17. The van der Waals surface area contributed by atoms with Crippen molar-refractivity contribution in [3.05, 3.63) is 41.0 Å². The maximum atomic E-state index is 13.5. The van der Waals surface area contributed by atoms with Crippen LogP contribution in [0.3, 0.4) is 0 Å². The Hall–Kier alpha value is -2.28. The van der Waals surface area contributed by atoms with Gasteiger partial charge in [-0.05, 0) is 24.6 Å². The minimum absolute atomic E-state index is 0.348. The van der Waals surface area contributed by atoms with E-state index >= 15 is 0 Å². The van der Waals surface area contributed by atoms with Gasteiger partial charge < -0.3 is 5.73 Å². The first kappa shape index (κ1) is 13.7. The third-order valence-electron chi connectivity index (χ3n) is 3.10. The fraction of sp³-hybridized carbons (Fsp3) is 0.143. The first-order valence-corrected chi connectivity index (χ1v) is 6.99. The van der Waals surface area contributed by atoms with Crippen molar-refractivity contribution in [2.24, 2.45) is 7.05 Å². The predicted octanol–water partition coefficient (Wildman–Crippen LogP) is 3.38. The lowest BCUT2D eigenvalue weighted by Crippen LogP contribution is -1.98. The largest absolute Gasteiger partial charge is 0.383 e. The average Bonchev–Trinajstić information content (AvgIpc) is 2.94. The predicted molar refractivity (Wildman–Crippen MR) is 78.8 cm³/mol. The first-order chi connectivity index (χ1) is 9.95. The van der Waals surface area contributed by atoms with E-state index in [2.05, 4.69) is 10.1 Å². The molecule has 0 atom stereocenters. The third-order valence-corrected chi connectivity index (χ3v) is 4.02. The maximum Gasteiger partial charge on any atom is 0.129 e.